The fourth-order valence-electron chi connectivity index (χ4n) is 5.27. The van der Waals surface area contributed by atoms with Gasteiger partial charge < -0.3 is 15.1 Å². The van der Waals surface area contributed by atoms with Gasteiger partial charge in [0.15, 0.2) is 0 Å². The molecule has 2 saturated heterocycles. The van der Waals surface area contributed by atoms with E-state index < -0.39 is 0 Å². The molecule has 1 saturated carbocycles. The molecule has 6 nitrogen and oxygen atoms in total. The van der Waals surface area contributed by atoms with Crippen LogP contribution in [0.25, 0.3) is 16.8 Å². The molecule has 0 unspecified atom stereocenters. The zero-order valence-electron chi connectivity index (χ0n) is 19.7. The van der Waals surface area contributed by atoms with E-state index in [0.717, 1.165) is 69.1 Å². The Labute approximate surface area is 197 Å². The fourth-order valence-corrected chi connectivity index (χ4v) is 5.27. The highest BCUT2D eigenvalue weighted by atomic mass is 16.2. The van der Waals surface area contributed by atoms with E-state index in [2.05, 4.69) is 71.6 Å². The SMILES string of the molecule is C=Nn1cc(-c2ccc(C3CCNCC3)cc2)cc1/C(=C\C)N1CCN(C(=O)C2CC2)CC1. The minimum Gasteiger partial charge on any atom is -0.367 e. The lowest BCUT2D eigenvalue weighted by molar-refractivity contribution is -0.133. The molecule has 3 aliphatic rings. The minimum atomic E-state index is 0.295. The van der Waals surface area contributed by atoms with Gasteiger partial charge in [-0.05, 0) is 68.8 Å². The van der Waals surface area contributed by atoms with Crippen molar-refractivity contribution in [3.8, 4) is 11.1 Å². The summed E-state index contributed by atoms with van der Waals surface area (Å²) in [5.74, 6) is 1.31. The Hall–Kier alpha value is -2.86. The highest BCUT2D eigenvalue weighted by Gasteiger charge is 2.35. The van der Waals surface area contributed by atoms with Gasteiger partial charge in [-0.1, -0.05) is 30.3 Å². The molecule has 2 aliphatic heterocycles. The summed E-state index contributed by atoms with van der Waals surface area (Å²) in [6.07, 6.45) is 8.78. The maximum atomic E-state index is 12.4. The molecule has 2 aromatic rings. The first-order valence-corrected chi connectivity index (χ1v) is 12.4. The topological polar surface area (TPSA) is 52.9 Å². The van der Waals surface area contributed by atoms with Crippen molar-refractivity contribution in [2.75, 3.05) is 39.3 Å². The summed E-state index contributed by atoms with van der Waals surface area (Å²) in [5, 5.41) is 7.72. The van der Waals surface area contributed by atoms with E-state index >= 15 is 0 Å². The Balaban J connectivity index is 1.32. The van der Waals surface area contributed by atoms with E-state index in [4.69, 9.17) is 0 Å². The third kappa shape index (κ3) is 4.62. The van der Waals surface area contributed by atoms with Gasteiger partial charge >= 0.3 is 0 Å². The van der Waals surface area contributed by atoms with Crippen LogP contribution >= 0.6 is 0 Å². The number of aromatic nitrogens is 1. The second-order valence-electron chi connectivity index (χ2n) is 9.51. The lowest BCUT2D eigenvalue weighted by Gasteiger charge is -2.37. The average molecular weight is 446 g/mol. The molecule has 3 heterocycles. The number of benzene rings is 1. The Morgan fingerprint density at radius 2 is 1.67 bits per heavy atom. The number of nitrogens with one attached hydrogen (secondary N) is 1. The number of carbonyl (C=O) groups is 1. The van der Waals surface area contributed by atoms with E-state index in [1.54, 1.807) is 0 Å². The number of allylic oxidation sites excluding steroid dienone is 1. The van der Waals surface area contributed by atoms with Gasteiger partial charge in [0.25, 0.3) is 0 Å². The number of piperidine rings is 1. The van der Waals surface area contributed by atoms with Crippen LogP contribution in [0.5, 0.6) is 0 Å². The van der Waals surface area contributed by atoms with Gasteiger partial charge in [0.2, 0.25) is 5.91 Å². The van der Waals surface area contributed by atoms with Crippen LogP contribution in [0.4, 0.5) is 0 Å². The molecule has 6 heteroatoms. The monoisotopic (exact) mass is 445 g/mol. The van der Waals surface area contributed by atoms with Crippen molar-refractivity contribution in [3.05, 3.63) is 53.9 Å². The van der Waals surface area contributed by atoms with E-state index in [0.29, 0.717) is 17.7 Å². The summed E-state index contributed by atoms with van der Waals surface area (Å²) in [6, 6.07) is 11.3. The summed E-state index contributed by atoms with van der Waals surface area (Å²) in [4.78, 5) is 16.8. The molecule has 0 bridgehead atoms. The summed E-state index contributed by atoms with van der Waals surface area (Å²) in [7, 11) is 0. The lowest BCUT2D eigenvalue weighted by atomic mass is 9.89. The molecule has 0 spiro atoms. The molecule has 1 aromatic carbocycles. The van der Waals surface area contributed by atoms with E-state index in [-0.39, 0.29) is 0 Å². The molecule has 1 N–H and O–H groups in total. The zero-order chi connectivity index (χ0) is 22.8. The number of carbonyl (C=O) groups excluding carboxylic acids is 1. The van der Waals surface area contributed by atoms with Crippen molar-refractivity contribution in [2.45, 2.75) is 38.5 Å². The number of amides is 1. The number of hydrogen-bond donors (Lipinski definition) is 1. The predicted molar refractivity (Wildman–Crippen MR) is 134 cm³/mol. The molecular weight excluding hydrogens is 410 g/mol. The summed E-state index contributed by atoms with van der Waals surface area (Å²) < 4.78 is 1.88. The Morgan fingerprint density at radius 1 is 1.00 bits per heavy atom. The fraction of sp³-hybridized carbons (Fsp3) is 0.481. The molecule has 1 aromatic heterocycles. The quantitative estimate of drug-likeness (QED) is 0.684. The van der Waals surface area contributed by atoms with Crippen LogP contribution in [-0.4, -0.2) is 66.4 Å². The van der Waals surface area contributed by atoms with Gasteiger partial charge in [-0.15, -0.1) is 0 Å². The van der Waals surface area contributed by atoms with Gasteiger partial charge in [0.1, 0.15) is 0 Å². The van der Waals surface area contributed by atoms with Crippen LogP contribution in [0.1, 0.15) is 49.8 Å². The third-order valence-corrected chi connectivity index (χ3v) is 7.40. The third-order valence-electron chi connectivity index (χ3n) is 7.40. The van der Waals surface area contributed by atoms with Gasteiger partial charge in [-0.2, -0.15) is 5.10 Å². The van der Waals surface area contributed by atoms with Gasteiger partial charge in [0, 0.05) is 50.6 Å². The second kappa shape index (κ2) is 9.56. The Morgan fingerprint density at radius 3 is 2.27 bits per heavy atom. The van der Waals surface area contributed by atoms with Gasteiger partial charge in [-0.25, -0.2) is 4.68 Å². The summed E-state index contributed by atoms with van der Waals surface area (Å²) in [6.45, 7) is 11.4. The largest absolute Gasteiger partial charge is 0.367 e. The molecular formula is C27H35N5O. The molecule has 0 radical (unpaired) electrons. The zero-order valence-corrected chi connectivity index (χ0v) is 19.7. The predicted octanol–water partition coefficient (Wildman–Crippen LogP) is 4.00. The normalized spacial score (nSPS) is 20.2. The highest BCUT2D eigenvalue weighted by molar-refractivity contribution is 5.81. The number of hydrogen-bond acceptors (Lipinski definition) is 4. The molecule has 1 amide bonds. The van der Waals surface area contributed by atoms with Crippen LogP contribution in [0.15, 0.2) is 47.7 Å². The van der Waals surface area contributed by atoms with Crippen LogP contribution in [0, 0.1) is 5.92 Å². The van der Waals surface area contributed by atoms with Crippen LogP contribution in [0.2, 0.25) is 0 Å². The van der Waals surface area contributed by atoms with Crippen molar-refractivity contribution in [1.29, 1.82) is 0 Å². The standard InChI is InChI=1S/C27H35N5O/c1-3-25(30-14-16-31(17-15-30)27(33)23-8-9-23)26-18-24(19-32(26)28-2)21-6-4-20(5-7-21)22-10-12-29-13-11-22/h3-7,18-19,22-23,29H,2,8-17H2,1H3/b25-3+. The van der Waals surface area contributed by atoms with Crippen LogP contribution < -0.4 is 5.32 Å². The lowest BCUT2D eigenvalue weighted by Crippen LogP contribution is -2.48. The molecule has 33 heavy (non-hydrogen) atoms. The van der Waals surface area contributed by atoms with Crippen molar-refractivity contribution in [1.82, 2.24) is 19.8 Å². The summed E-state index contributed by atoms with van der Waals surface area (Å²) in [5.41, 5.74) is 5.99. The Kier molecular flexibility index (Phi) is 6.36. The maximum absolute atomic E-state index is 12.4. The van der Waals surface area contributed by atoms with Gasteiger partial charge in [0.05, 0.1) is 11.4 Å². The molecule has 1 aliphatic carbocycles. The molecule has 0 atom stereocenters. The Bertz CT molecular complexity index is 1020. The van der Waals surface area contributed by atoms with Crippen molar-refractivity contribution < 1.29 is 4.79 Å². The molecule has 5 rings (SSSR count). The number of nitrogens with zero attached hydrogens (tertiary/aromatic N) is 4. The van der Waals surface area contributed by atoms with Crippen molar-refractivity contribution in [2.24, 2.45) is 11.0 Å². The average Bonchev–Trinajstić information content (AvgIpc) is 3.65. The smallest absolute Gasteiger partial charge is 0.225 e. The second-order valence-corrected chi connectivity index (χ2v) is 9.51. The number of piperazine rings is 1. The highest BCUT2D eigenvalue weighted by Crippen LogP contribution is 2.33. The maximum Gasteiger partial charge on any atom is 0.225 e. The van der Waals surface area contributed by atoms with Crippen molar-refractivity contribution in [3.63, 3.8) is 0 Å². The summed E-state index contributed by atoms with van der Waals surface area (Å²) >= 11 is 0. The van der Waals surface area contributed by atoms with Gasteiger partial charge in [-0.3, -0.25) is 4.79 Å². The van der Waals surface area contributed by atoms with Crippen LogP contribution in [-0.2, 0) is 4.79 Å². The van der Waals surface area contributed by atoms with E-state index in [9.17, 15) is 4.79 Å². The van der Waals surface area contributed by atoms with Crippen molar-refractivity contribution >= 4 is 18.3 Å². The van der Waals surface area contributed by atoms with E-state index in [1.807, 2.05) is 9.58 Å². The first-order valence-electron chi connectivity index (χ1n) is 12.4. The first kappa shape index (κ1) is 22.0. The first-order chi connectivity index (χ1) is 16.2. The van der Waals surface area contributed by atoms with E-state index in [1.165, 1.54) is 24.0 Å². The minimum absolute atomic E-state index is 0.295. The number of rotatable bonds is 6. The molecule has 3 fully saturated rings. The molecule has 174 valence electrons. The van der Waals surface area contributed by atoms with Crippen LogP contribution in [0.3, 0.4) is 0 Å².